The number of halogens is 2. The Labute approximate surface area is 290 Å². The molecule has 0 fully saturated rings. The van der Waals surface area contributed by atoms with Crippen LogP contribution in [0.15, 0.2) is 74.4 Å². The smallest absolute Gasteiger partial charge is 0.171 e. The molecule has 0 aromatic carbocycles. The summed E-state index contributed by atoms with van der Waals surface area (Å²) < 4.78 is 4.81. The van der Waals surface area contributed by atoms with Crippen molar-refractivity contribution in [1.29, 1.82) is 0 Å². The second-order valence-electron chi connectivity index (χ2n) is 12.3. The Morgan fingerprint density at radius 3 is 1.16 bits per heavy atom. The Morgan fingerprint density at radius 2 is 0.791 bits per heavy atom. The Kier molecular flexibility index (Phi) is 30.0. The van der Waals surface area contributed by atoms with Crippen molar-refractivity contribution in [1.82, 2.24) is 0 Å². The third-order valence-electron chi connectivity index (χ3n) is 8.42. The number of aryl methyl sites for hydroxylation is 4. The van der Waals surface area contributed by atoms with Gasteiger partial charge in [0, 0.05) is 36.1 Å². The summed E-state index contributed by atoms with van der Waals surface area (Å²) in [6.07, 6.45) is 44.0. The number of pyridine rings is 2. The maximum absolute atomic E-state index is 3.81. The van der Waals surface area contributed by atoms with Gasteiger partial charge in [-0.2, -0.15) is 0 Å². The number of rotatable bonds is 28. The molecule has 2 aromatic heterocycles. The molecule has 0 amide bonds. The molecule has 244 valence electrons. The molecule has 0 saturated heterocycles. The second kappa shape index (κ2) is 30.8. The zero-order valence-corrected chi connectivity index (χ0v) is 30.4. The number of allylic oxidation sites excluding steroid dienone is 2. The third kappa shape index (κ3) is 23.8. The highest BCUT2D eigenvalue weighted by Crippen LogP contribution is 2.13. The molecular weight excluding hydrogens is 659 g/mol. The Morgan fingerprint density at radius 1 is 0.465 bits per heavy atom. The van der Waals surface area contributed by atoms with Crippen LogP contribution in [0.4, 0.5) is 0 Å². The summed E-state index contributed by atoms with van der Waals surface area (Å²) in [5.74, 6) is 0. The van der Waals surface area contributed by atoms with Crippen molar-refractivity contribution < 1.29 is 45.5 Å². The van der Waals surface area contributed by atoms with Crippen LogP contribution >= 0.6 is 0 Å². The molecule has 0 aliphatic rings. The van der Waals surface area contributed by atoms with Crippen LogP contribution in [0.2, 0.25) is 0 Å². The van der Waals surface area contributed by atoms with E-state index in [4.69, 9.17) is 0 Å². The Bertz CT molecular complexity index is 842. The summed E-state index contributed by atoms with van der Waals surface area (Å²) in [5.41, 5.74) is 3.01. The predicted octanol–water partition coefficient (Wildman–Crippen LogP) is 4.62. The zero-order valence-electron chi connectivity index (χ0n) is 27.5. The van der Waals surface area contributed by atoms with Gasteiger partial charge in [-0.05, 0) is 76.3 Å². The lowest BCUT2D eigenvalue weighted by molar-refractivity contribution is -0.697. The van der Waals surface area contributed by atoms with Crippen molar-refractivity contribution in [3.8, 4) is 0 Å². The van der Waals surface area contributed by atoms with Crippen LogP contribution in [-0.4, -0.2) is 0 Å². The number of nitrogens with zero attached hydrogens (tertiary/aromatic N) is 2. The van der Waals surface area contributed by atoms with Gasteiger partial charge in [-0.25, -0.2) is 9.13 Å². The highest BCUT2D eigenvalue weighted by molar-refractivity contribution is 5.05. The molecule has 2 aromatic rings. The van der Waals surface area contributed by atoms with E-state index in [9.17, 15) is 0 Å². The van der Waals surface area contributed by atoms with Crippen molar-refractivity contribution in [2.45, 2.75) is 161 Å². The minimum Gasteiger partial charge on any atom is -1.00 e. The van der Waals surface area contributed by atoms with Crippen molar-refractivity contribution in [3.63, 3.8) is 0 Å². The van der Waals surface area contributed by atoms with Gasteiger partial charge in [0.15, 0.2) is 24.8 Å². The molecule has 0 radical (unpaired) electrons. The van der Waals surface area contributed by atoms with Gasteiger partial charge < -0.3 is 36.4 Å². The van der Waals surface area contributed by atoms with Crippen LogP contribution in [0.25, 0.3) is 0 Å². The normalized spacial score (nSPS) is 10.6. The molecule has 0 spiro atoms. The summed E-state index contributed by atoms with van der Waals surface area (Å²) in [6, 6.07) is 9.08. The van der Waals surface area contributed by atoms with Crippen molar-refractivity contribution in [3.05, 3.63) is 85.5 Å². The molecular formula is C39H64ClIN2. The first-order valence-electron chi connectivity index (χ1n) is 17.5. The van der Waals surface area contributed by atoms with Crippen LogP contribution in [0, 0.1) is 0 Å². The van der Waals surface area contributed by atoms with Crippen molar-refractivity contribution >= 4 is 0 Å². The molecule has 0 aliphatic carbocycles. The molecule has 0 saturated carbocycles. The van der Waals surface area contributed by atoms with E-state index in [0.29, 0.717) is 0 Å². The van der Waals surface area contributed by atoms with Gasteiger partial charge in [-0.1, -0.05) is 82.8 Å². The minimum absolute atomic E-state index is 0. The average molecular weight is 723 g/mol. The van der Waals surface area contributed by atoms with E-state index < -0.39 is 0 Å². The van der Waals surface area contributed by atoms with Gasteiger partial charge in [-0.3, -0.25) is 0 Å². The molecule has 2 nitrogen and oxygen atoms in total. The first kappa shape index (κ1) is 41.8. The standard InChI is InChI=1S/C39H64N2.ClH.HI/c1-3-5-7-9-18-22-28-38-30-26-35-41(36-38)33-25-21-17-15-13-11-12-14-16-19-23-29-39-31-27-34-40(37-39)32-24-20-10-8-6-4-2;;/h3-4,26-27,30-31,34-37H,1-2,5-25,28-29,32-33H2;2*1H/q+2;;/p-2. The molecule has 0 aliphatic heterocycles. The molecule has 2 heterocycles. The van der Waals surface area contributed by atoms with E-state index in [2.05, 4.69) is 71.3 Å². The van der Waals surface area contributed by atoms with E-state index >= 15 is 0 Å². The number of unbranched alkanes of at least 4 members (excludes halogenated alkanes) is 18. The SMILES string of the molecule is C=CCCCCCCc1ccc[n+](CCCCCCCCCCCCCc2ccc[n+](CCCCCCC=C)c2)c1.[Cl-].[I-]. The second-order valence-corrected chi connectivity index (χ2v) is 12.3. The topological polar surface area (TPSA) is 7.76 Å². The monoisotopic (exact) mass is 722 g/mol. The summed E-state index contributed by atoms with van der Waals surface area (Å²) in [6.45, 7) is 9.96. The largest absolute Gasteiger partial charge is 1.00 e. The highest BCUT2D eigenvalue weighted by Gasteiger charge is 2.05. The first-order valence-corrected chi connectivity index (χ1v) is 17.5. The van der Waals surface area contributed by atoms with Crippen LogP contribution in [0.5, 0.6) is 0 Å². The number of hydrogen-bond donors (Lipinski definition) is 0. The van der Waals surface area contributed by atoms with Gasteiger partial charge in [0.25, 0.3) is 0 Å². The van der Waals surface area contributed by atoms with Crippen LogP contribution in [-0.2, 0) is 25.9 Å². The van der Waals surface area contributed by atoms with Gasteiger partial charge in [-0.15, -0.1) is 13.2 Å². The van der Waals surface area contributed by atoms with E-state index in [-0.39, 0.29) is 36.4 Å². The Balaban J connectivity index is 0.00000882. The zero-order chi connectivity index (χ0) is 29.1. The molecule has 0 N–H and O–H groups in total. The average Bonchev–Trinajstić information content (AvgIpc) is 2.99. The summed E-state index contributed by atoms with van der Waals surface area (Å²) >= 11 is 0. The van der Waals surface area contributed by atoms with Gasteiger partial charge in [0.1, 0.15) is 13.1 Å². The highest BCUT2D eigenvalue weighted by atomic mass is 127. The van der Waals surface area contributed by atoms with Gasteiger partial charge in [0.2, 0.25) is 0 Å². The summed E-state index contributed by atoms with van der Waals surface area (Å²) in [7, 11) is 0. The summed E-state index contributed by atoms with van der Waals surface area (Å²) in [4.78, 5) is 0. The van der Waals surface area contributed by atoms with E-state index in [1.54, 1.807) is 0 Å². The molecule has 4 heteroatoms. The Hall–Kier alpha value is -1.20. The van der Waals surface area contributed by atoms with Crippen LogP contribution in [0.3, 0.4) is 0 Å². The quantitative estimate of drug-likeness (QED) is 0.0525. The van der Waals surface area contributed by atoms with E-state index in [1.807, 2.05) is 12.2 Å². The lowest BCUT2D eigenvalue weighted by atomic mass is 10.0. The predicted molar refractivity (Wildman–Crippen MR) is 178 cm³/mol. The minimum atomic E-state index is 0. The van der Waals surface area contributed by atoms with Gasteiger partial charge in [0.05, 0.1) is 0 Å². The number of hydrogen-bond acceptors (Lipinski definition) is 0. The van der Waals surface area contributed by atoms with Crippen LogP contribution < -0.4 is 45.5 Å². The summed E-state index contributed by atoms with van der Waals surface area (Å²) in [5, 5.41) is 0. The fourth-order valence-corrected chi connectivity index (χ4v) is 5.85. The third-order valence-corrected chi connectivity index (χ3v) is 8.42. The molecule has 43 heavy (non-hydrogen) atoms. The van der Waals surface area contributed by atoms with Gasteiger partial charge >= 0.3 is 0 Å². The maximum Gasteiger partial charge on any atom is 0.171 e. The fourth-order valence-electron chi connectivity index (χ4n) is 5.85. The lowest BCUT2D eigenvalue weighted by Crippen LogP contribution is -3.00. The lowest BCUT2D eigenvalue weighted by Gasteiger charge is -2.04. The molecule has 0 atom stereocenters. The first-order chi connectivity index (χ1) is 20.3. The van der Waals surface area contributed by atoms with Crippen LogP contribution in [0.1, 0.15) is 146 Å². The van der Waals surface area contributed by atoms with Crippen molar-refractivity contribution in [2.75, 3.05) is 0 Å². The fraction of sp³-hybridized carbons (Fsp3) is 0.641. The molecule has 2 rings (SSSR count). The van der Waals surface area contributed by atoms with E-state index in [1.165, 1.54) is 159 Å². The molecule has 0 bridgehead atoms. The van der Waals surface area contributed by atoms with Crippen molar-refractivity contribution in [2.24, 2.45) is 0 Å². The maximum atomic E-state index is 3.81. The van der Waals surface area contributed by atoms with E-state index in [0.717, 1.165) is 13.0 Å². The number of aromatic nitrogens is 2. The molecule has 0 unspecified atom stereocenters.